The van der Waals surface area contributed by atoms with E-state index in [0.29, 0.717) is 0 Å². The van der Waals surface area contributed by atoms with Gasteiger partial charge >= 0.3 is 0 Å². The highest BCUT2D eigenvalue weighted by Gasteiger charge is 2.15. The standard InChI is InChI=1S/C35H22N4/c1-2-10-24-23(9-1)21-28(26-12-4-3-11-25(24)26)30-14-7-15-31(37-30)32-16-8-18-35(38-32)39-33-17-6-5-13-27(33)29-22-36-20-19-34(29)39/h1-22H. The molecule has 0 aliphatic rings. The van der Waals surface area contributed by atoms with Crippen LogP contribution in [-0.2, 0) is 0 Å². The highest BCUT2D eigenvalue weighted by molar-refractivity contribution is 6.13. The Morgan fingerprint density at radius 1 is 0.462 bits per heavy atom. The molecule has 0 aliphatic heterocycles. The van der Waals surface area contributed by atoms with Gasteiger partial charge in [-0.3, -0.25) is 9.55 Å². The largest absolute Gasteiger partial charge is 0.294 e. The predicted molar refractivity (Wildman–Crippen MR) is 160 cm³/mol. The molecule has 0 radical (unpaired) electrons. The lowest BCUT2D eigenvalue weighted by Crippen LogP contribution is -1.99. The van der Waals surface area contributed by atoms with Gasteiger partial charge in [-0.1, -0.05) is 78.9 Å². The molecule has 39 heavy (non-hydrogen) atoms. The van der Waals surface area contributed by atoms with Crippen LogP contribution < -0.4 is 0 Å². The molecule has 4 heteroatoms. The summed E-state index contributed by atoms with van der Waals surface area (Å²) in [5.74, 6) is 0.855. The molecule has 0 saturated heterocycles. The second kappa shape index (κ2) is 8.61. The monoisotopic (exact) mass is 498 g/mol. The molecular formula is C35H22N4. The van der Waals surface area contributed by atoms with Gasteiger partial charge in [0.15, 0.2) is 0 Å². The van der Waals surface area contributed by atoms with Crippen LogP contribution in [0.25, 0.3) is 71.8 Å². The molecule has 0 unspecified atom stereocenters. The molecule has 8 aromatic rings. The van der Waals surface area contributed by atoms with Gasteiger partial charge in [-0.05, 0) is 64.0 Å². The van der Waals surface area contributed by atoms with Crippen molar-refractivity contribution in [2.24, 2.45) is 0 Å². The molecule has 0 fully saturated rings. The molecule has 0 N–H and O–H groups in total. The van der Waals surface area contributed by atoms with Gasteiger partial charge < -0.3 is 0 Å². The summed E-state index contributed by atoms with van der Waals surface area (Å²) in [5, 5.41) is 7.17. The minimum Gasteiger partial charge on any atom is -0.294 e. The van der Waals surface area contributed by atoms with Crippen LogP contribution >= 0.6 is 0 Å². The Hall–Kier alpha value is -5.35. The molecule has 0 bridgehead atoms. The first kappa shape index (κ1) is 21.7. The van der Waals surface area contributed by atoms with Crippen molar-refractivity contribution in [3.63, 3.8) is 0 Å². The van der Waals surface area contributed by atoms with Crippen LogP contribution in [0.2, 0.25) is 0 Å². The number of pyridine rings is 3. The lowest BCUT2D eigenvalue weighted by molar-refractivity contribution is 1.08. The van der Waals surface area contributed by atoms with Crippen molar-refractivity contribution in [2.75, 3.05) is 0 Å². The molecule has 4 nitrogen and oxygen atoms in total. The SMILES string of the molecule is c1cc(-c2cccc(-n3c4ccccc4c4cnccc43)n2)nc(-c2cc3ccccc3c3ccccc23)c1. The quantitative estimate of drug-likeness (QED) is 0.229. The summed E-state index contributed by atoms with van der Waals surface area (Å²) in [4.78, 5) is 14.6. The maximum atomic E-state index is 5.14. The van der Waals surface area contributed by atoms with E-state index < -0.39 is 0 Å². The number of rotatable bonds is 3. The topological polar surface area (TPSA) is 43.6 Å². The van der Waals surface area contributed by atoms with Crippen LogP contribution in [-0.4, -0.2) is 19.5 Å². The summed E-state index contributed by atoms with van der Waals surface area (Å²) in [5.41, 5.74) is 5.92. The van der Waals surface area contributed by atoms with E-state index in [1.54, 1.807) is 0 Å². The minimum atomic E-state index is 0.833. The van der Waals surface area contributed by atoms with Crippen LogP contribution in [0.5, 0.6) is 0 Å². The number of hydrogen-bond acceptors (Lipinski definition) is 3. The van der Waals surface area contributed by atoms with Crippen molar-refractivity contribution in [3.05, 3.63) is 134 Å². The lowest BCUT2D eigenvalue weighted by Gasteiger charge is -2.12. The van der Waals surface area contributed by atoms with Crippen molar-refractivity contribution in [2.45, 2.75) is 0 Å². The number of hydrogen-bond donors (Lipinski definition) is 0. The van der Waals surface area contributed by atoms with E-state index in [1.165, 1.54) is 21.5 Å². The van der Waals surface area contributed by atoms with Gasteiger partial charge in [0, 0.05) is 28.7 Å². The van der Waals surface area contributed by atoms with Crippen molar-refractivity contribution in [1.82, 2.24) is 19.5 Å². The zero-order valence-electron chi connectivity index (χ0n) is 21.0. The summed E-state index contributed by atoms with van der Waals surface area (Å²) < 4.78 is 2.20. The Morgan fingerprint density at radius 3 is 2.03 bits per heavy atom. The van der Waals surface area contributed by atoms with E-state index in [2.05, 4.69) is 113 Å². The zero-order valence-corrected chi connectivity index (χ0v) is 21.0. The maximum Gasteiger partial charge on any atom is 0.138 e. The van der Waals surface area contributed by atoms with E-state index >= 15 is 0 Å². The van der Waals surface area contributed by atoms with Gasteiger partial charge in [-0.25, -0.2) is 9.97 Å². The van der Waals surface area contributed by atoms with Crippen molar-refractivity contribution >= 4 is 43.4 Å². The number of benzene rings is 4. The number of aromatic nitrogens is 4. The number of para-hydroxylation sites is 1. The van der Waals surface area contributed by atoms with Gasteiger partial charge in [0.1, 0.15) is 5.82 Å². The van der Waals surface area contributed by atoms with E-state index in [0.717, 1.165) is 50.3 Å². The minimum absolute atomic E-state index is 0.833. The predicted octanol–water partition coefficient (Wildman–Crippen LogP) is 8.61. The first-order chi connectivity index (χ1) is 19.3. The Balaban J connectivity index is 1.30. The van der Waals surface area contributed by atoms with Crippen LogP contribution in [0.15, 0.2) is 134 Å². The van der Waals surface area contributed by atoms with Gasteiger partial charge in [-0.2, -0.15) is 0 Å². The summed E-state index contributed by atoms with van der Waals surface area (Å²) in [6.07, 6.45) is 3.76. The molecule has 4 aromatic heterocycles. The third-order valence-electron chi connectivity index (χ3n) is 7.49. The van der Waals surface area contributed by atoms with Crippen LogP contribution in [0.1, 0.15) is 0 Å². The Morgan fingerprint density at radius 2 is 1.13 bits per heavy atom. The molecule has 4 aromatic carbocycles. The van der Waals surface area contributed by atoms with Gasteiger partial charge in [0.2, 0.25) is 0 Å². The van der Waals surface area contributed by atoms with Gasteiger partial charge in [0.25, 0.3) is 0 Å². The van der Waals surface area contributed by atoms with Gasteiger partial charge in [0.05, 0.1) is 28.1 Å². The average Bonchev–Trinajstić information content (AvgIpc) is 3.35. The summed E-state index contributed by atoms with van der Waals surface area (Å²) >= 11 is 0. The molecule has 0 amide bonds. The molecule has 0 spiro atoms. The fourth-order valence-corrected chi connectivity index (χ4v) is 5.75. The zero-order chi connectivity index (χ0) is 25.8. The smallest absolute Gasteiger partial charge is 0.138 e. The molecule has 4 heterocycles. The van der Waals surface area contributed by atoms with E-state index in [-0.39, 0.29) is 0 Å². The molecule has 0 atom stereocenters. The summed E-state index contributed by atoms with van der Waals surface area (Å²) in [6, 6.07) is 42.1. The molecular weight excluding hydrogens is 476 g/mol. The molecule has 0 saturated carbocycles. The second-order valence-corrected chi connectivity index (χ2v) is 9.73. The van der Waals surface area contributed by atoms with Crippen LogP contribution in [0.4, 0.5) is 0 Å². The first-order valence-corrected chi connectivity index (χ1v) is 13.0. The molecule has 8 rings (SSSR count). The third-order valence-corrected chi connectivity index (χ3v) is 7.49. The van der Waals surface area contributed by atoms with Crippen molar-refractivity contribution in [3.8, 4) is 28.5 Å². The fraction of sp³-hybridized carbons (Fsp3) is 0. The summed E-state index contributed by atoms with van der Waals surface area (Å²) in [7, 11) is 0. The highest BCUT2D eigenvalue weighted by atomic mass is 15.1. The normalized spacial score (nSPS) is 11.6. The van der Waals surface area contributed by atoms with E-state index in [4.69, 9.17) is 9.97 Å². The van der Waals surface area contributed by atoms with Crippen LogP contribution in [0, 0.1) is 0 Å². The Labute approximate surface area is 224 Å². The molecule has 0 aliphatic carbocycles. The Kier molecular flexibility index (Phi) is 4.79. The number of nitrogens with zero attached hydrogens (tertiary/aromatic N) is 4. The van der Waals surface area contributed by atoms with Gasteiger partial charge in [-0.15, -0.1) is 0 Å². The van der Waals surface area contributed by atoms with E-state index in [1.807, 2.05) is 30.6 Å². The van der Waals surface area contributed by atoms with Crippen LogP contribution in [0.3, 0.4) is 0 Å². The third kappa shape index (κ3) is 3.42. The summed E-state index contributed by atoms with van der Waals surface area (Å²) in [6.45, 7) is 0. The van der Waals surface area contributed by atoms with Crippen molar-refractivity contribution < 1.29 is 0 Å². The lowest BCUT2D eigenvalue weighted by atomic mass is 9.95. The number of fused-ring (bicyclic) bond motifs is 6. The van der Waals surface area contributed by atoms with E-state index in [9.17, 15) is 0 Å². The second-order valence-electron chi connectivity index (χ2n) is 9.73. The fourth-order valence-electron chi connectivity index (χ4n) is 5.75. The maximum absolute atomic E-state index is 5.14. The first-order valence-electron chi connectivity index (χ1n) is 13.0. The molecule has 182 valence electrons. The average molecular weight is 499 g/mol. The highest BCUT2D eigenvalue weighted by Crippen LogP contribution is 2.35. The van der Waals surface area contributed by atoms with Crippen molar-refractivity contribution in [1.29, 1.82) is 0 Å². The Bertz CT molecular complexity index is 2140.